The van der Waals surface area contributed by atoms with Crippen LogP contribution in [0, 0.1) is 0 Å². The predicted octanol–water partition coefficient (Wildman–Crippen LogP) is 1.35. The molecule has 12 amide bonds. The van der Waals surface area contributed by atoms with Crippen molar-refractivity contribution in [3.8, 4) is 0 Å². The first-order valence-corrected chi connectivity index (χ1v) is 26.9. The maximum Gasteiger partial charge on any atom is 0.347 e. The fraction of sp³-hybridized carbons (Fsp3) is 0.725. The Morgan fingerprint density at radius 2 is 1.23 bits per heavy atom. The molecule has 5 aliphatic rings. The van der Waals surface area contributed by atoms with Crippen molar-refractivity contribution >= 4 is 107 Å². The highest BCUT2D eigenvalue weighted by Crippen LogP contribution is 2.36. The number of hydrogen-bond acceptors (Lipinski definition) is 17. The largest absolute Gasteiger partial charge is 0.358 e. The summed E-state index contributed by atoms with van der Waals surface area (Å²) in [6, 6.07) is -2.64. The summed E-state index contributed by atoms with van der Waals surface area (Å²) in [4.78, 5) is 141. The minimum Gasteiger partial charge on any atom is -0.358 e. The van der Waals surface area contributed by atoms with Crippen LogP contribution in [0.4, 0.5) is 0 Å². The first kappa shape index (κ1) is 89.5. The summed E-state index contributed by atoms with van der Waals surface area (Å²) in [6.07, 6.45) is 2.73. The second-order valence-electron chi connectivity index (χ2n) is 14.9. The zero-order valence-corrected chi connectivity index (χ0v) is 46.4. The Morgan fingerprint density at radius 1 is 0.744 bits per heavy atom. The van der Waals surface area contributed by atoms with E-state index in [2.05, 4.69) is 49.8 Å². The first-order chi connectivity index (χ1) is 34.2. The van der Waals surface area contributed by atoms with Crippen molar-refractivity contribution < 1.29 is 62.0 Å². The number of thiol groups is 1. The number of nitrogens with one attached hydrogen (secondary N) is 7. The Kier molecular flexibility index (Phi) is 54.9. The molecule has 1 spiro atoms. The highest BCUT2D eigenvalue weighted by Gasteiger charge is 2.70. The normalized spacial score (nSPS) is 19.4. The van der Waals surface area contributed by atoms with Crippen molar-refractivity contribution in [1.29, 1.82) is 0 Å². The molecule has 0 saturated carbocycles. The standard InChI is InChI=1S/C13H20N4O4S.C13H22N4O4S.C9H10N2O3.C4H10N2OS.3C2H6.6CH4/c1-3-15-12(20)8-5-17(8)10(18)4-9-13(21)16-7(6-22-9)11(19)14-2;1-3-16-10(18)4-5-17-11(19)6-9(13(17)21)22-7-8(14)12(20)15-2;1-2-10-9(14)6-5-11(6)7(12)3-4-8(11)13;1-6-4(7)3(5)2-8;3*1-2;;;;;;/h7-9H,3-6H2,1-2H3,(H,14,19)(H,15,20)(H,16,21);8-9H,3-7,14H2,1-2H3,(H,15,20)(H,16,18);3-4,6H,2,5H2,1H3;3,8H,2,5H2,1H3,(H,6,7);3*1-2H3;6*1H4/p+1/t;8-,9?;;3-;;;;;;;;;/m.1.1........./s1. The van der Waals surface area contributed by atoms with Gasteiger partial charge in [0.05, 0.1) is 41.3 Å². The van der Waals surface area contributed by atoms with Crippen LogP contribution in [-0.2, 0) is 57.5 Å². The average molecular weight is 1170 g/mol. The van der Waals surface area contributed by atoms with Gasteiger partial charge in [-0.05, 0) is 20.8 Å². The lowest BCUT2D eigenvalue weighted by Crippen LogP contribution is -2.54. The number of quaternary nitrogens is 1. The van der Waals surface area contributed by atoms with Gasteiger partial charge in [-0.2, -0.15) is 17.1 Å². The number of likely N-dealkylation sites (N-methyl/N-ethyl adjacent to an activating group) is 5. The molecule has 458 valence electrons. The molecular formula is C51H105N12O12S3+. The van der Waals surface area contributed by atoms with Gasteiger partial charge in [0.2, 0.25) is 59.2 Å². The Morgan fingerprint density at radius 3 is 1.67 bits per heavy atom. The summed E-state index contributed by atoms with van der Waals surface area (Å²) in [5.41, 5.74) is 10.9. The number of likely N-dealkylation sites (tertiary alicyclic amines) is 1. The molecule has 0 bridgehead atoms. The molecule has 11 N–H and O–H groups in total. The number of nitrogens with two attached hydrogens (primary N) is 2. The van der Waals surface area contributed by atoms with Gasteiger partial charge < -0.3 is 53.6 Å². The van der Waals surface area contributed by atoms with E-state index in [-0.39, 0.29) is 151 Å². The average Bonchev–Trinajstić information content (AvgIpc) is 4.31. The summed E-state index contributed by atoms with van der Waals surface area (Å²) in [5, 5.41) is 16.8. The minimum atomic E-state index is -0.720. The molecule has 24 nitrogen and oxygen atoms in total. The zero-order chi connectivity index (χ0) is 55.9. The van der Waals surface area contributed by atoms with Crippen molar-refractivity contribution in [3.05, 3.63) is 12.2 Å². The number of nitrogens with zero attached hydrogens (tertiary/aromatic N) is 3. The molecule has 5 heterocycles. The van der Waals surface area contributed by atoms with Gasteiger partial charge in [-0.25, -0.2) is 9.59 Å². The van der Waals surface area contributed by atoms with E-state index >= 15 is 0 Å². The van der Waals surface area contributed by atoms with Gasteiger partial charge in [-0.1, -0.05) is 86.1 Å². The molecule has 0 aromatic rings. The number of carbonyl (C=O) groups is 12. The van der Waals surface area contributed by atoms with E-state index in [4.69, 9.17) is 11.5 Å². The van der Waals surface area contributed by atoms with Gasteiger partial charge >= 0.3 is 11.8 Å². The third-order valence-electron chi connectivity index (χ3n) is 10.2. The van der Waals surface area contributed by atoms with E-state index < -0.39 is 40.7 Å². The van der Waals surface area contributed by atoms with E-state index in [1.54, 1.807) is 20.9 Å². The van der Waals surface area contributed by atoms with Gasteiger partial charge in [0, 0.05) is 83.8 Å². The fourth-order valence-corrected chi connectivity index (χ4v) is 8.77. The number of carbonyl (C=O) groups excluding carboxylic acids is 12. The summed E-state index contributed by atoms with van der Waals surface area (Å²) in [7, 11) is 4.54. The van der Waals surface area contributed by atoms with Gasteiger partial charge in [-0.3, -0.25) is 52.8 Å². The van der Waals surface area contributed by atoms with Crippen LogP contribution < -0.4 is 48.7 Å². The molecule has 0 radical (unpaired) electrons. The Balaban J connectivity index is -0.000000137. The van der Waals surface area contributed by atoms with Gasteiger partial charge in [0.25, 0.3) is 5.91 Å². The van der Waals surface area contributed by atoms with E-state index in [1.165, 1.54) is 54.7 Å². The van der Waals surface area contributed by atoms with Crippen molar-refractivity contribution in [2.45, 2.75) is 167 Å². The van der Waals surface area contributed by atoms with Crippen LogP contribution in [-0.4, -0.2) is 204 Å². The Bertz CT molecular complexity index is 1880. The molecule has 5 rings (SSSR count). The maximum absolute atomic E-state index is 12.1. The molecular weight excluding hydrogens is 1070 g/mol. The topological polar surface area (TPSA) is 347 Å². The van der Waals surface area contributed by atoms with E-state index in [0.717, 1.165) is 4.90 Å². The summed E-state index contributed by atoms with van der Waals surface area (Å²) < 4.78 is -0.314. The van der Waals surface area contributed by atoms with Crippen LogP contribution in [0.2, 0.25) is 0 Å². The zero-order valence-electron chi connectivity index (χ0n) is 43.8. The third-order valence-corrected chi connectivity index (χ3v) is 13.3. The molecule has 78 heavy (non-hydrogen) atoms. The SMILES string of the molecule is C.C.C.C.C.C.CC.CC.CC.CCNC(=O)C1CN1C(=O)CC1SCC(C(=O)NC)NC1=O.CCNC(=O)C1C[N+]12C(=O)C=CC2=O.CCNC(=O)CCN1C(=O)CC(SC[C@@H](N)C(=O)NC)C1=O.CNC(=O)[C@H](N)CS. The lowest BCUT2D eigenvalue weighted by Gasteiger charge is -2.27. The van der Waals surface area contributed by atoms with Crippen molar-refractivity contribution in [2.75, 3.05) is 77.7 Å². The van der Waals surface area contributed by atoms with Crippen LogP contribution in [0.15, 0.2) is 12.2 Å². The van der Waals surface area contributed by atoms with Crippen molar-refractivity contribution in [2.24, 2.45) is 11.5 Å². The highest BCUT2D eigenvalue weighted by atomic mass is 32.2. The number of thioether (sulfide) groups is 2. The van der Waals surface area contributed by atoms with Crippen LogP contribution in [0.3, 0.4) is 0 Å². The quantitative estimate of drug-likeness (QED) is 0.0425. The number of hydrogen-bond donors (Lipinski definition) is 10. The lowest BCUT2D eigenvalue weighted by molar-refractivity contribution is -0.638. The lowest BCUT2D eigenvalue weighted by atomic mass is 10.2. The number of amides is 12. The number of rotatable bonds is 17. The fourth-order valence-electron chi connectivity index (χ4n) is 6.34. The monoisotopic (exact) mass is 1170 g/mol. The third kappa shape index (κ3) is 28.2. The Hall–Kier alpha value is -5.09. The Labute approximate surface area is 482 Å². The summed E-state index contributed by atoms with van der Waals surface area (Å²) in [6.45, 7) is 19.8. The van der Waals surface area contributed by atoms with Gasteiger partial charge in [-0.15, -0.1) is 23.5 Å². The molecule has 0 aliphatic carbocycles. The summed E-state index contributed by atoms with van der Waals surface area (Å²) in [5.74, 6) is -1.87. The van der Waals surface area contributed by atoms with E-state index in [1.807, 2.05) is 48.5 Å². The second-order valence-corrected chi connectivity index (χ2v) is 17.7. The van der Waals surface area contributed by atoms with Crippen LogP contribution in [0.25, 0.3) is 0 Å². The molecule has 27 heteroatoms. The van der Waals surface area contributed by atoms with Gasteiger partial charge in [0.15, 0.2) is 6.54 Å². The van der Waals surface area contributed by atoms with E-state index in [0.29, 0.717) is 44.2 Å². The number of imide groups is 2. The van der Waals surface area contributed by atoms with Crippen LogP contribution >= 0.6 is 36.2 Å². The summed E-state index contributed by atoms with van der Waals surface area (Å²) >= 11 is 6.32. The molecule has 0 aromatic carbocycles. The smallest absolute Gasteiger partial charge is 0.347 e. The molecule has 0 aromatic heterocycles. The highest BCUT2D eigenvalue weighted by molar-refractivity contribution is 8.01. The van der Waals surface area contributed by atoms with E-state index in [9.17, 15) is 57.5 Å². The predicted molar refractivity (Wildman–Crippen MR) is 321 cm³/mol. The minimum absolute atomic E-state index is 0. The molecule has 4 fully saturated rings. The molecule has 5 aliphatic heterocycles. The van der Waals surface area contributed by atoms with Gasteiger partial charge in [0.1, 0.15) is 12.1 Å². The second kappa shape index (κ2) is 47.9. The maximum atomic E-state index is 12.1. The molecule has 7 atom stereocenters. The van der Waals surface area contributed by atoms with Crippen molar-refractivity contribution in [1.82, 2.24) is 47.0 Å². The van der Waals surface area contributed by atoms with Crippen LogP contribution in [0.1, 0.15) is 126 Å². The molecule has 4 saturated heterocycles. The van der Waals surface area contributed by atoms with Crippen molar-refractivity contribution in [3.63, 3.8) is 0 Å². The van der Waals surface area contributed by atoms with Crippen LogP contribution in [0.5, 0.6) is 0 Å². The molecule has 5 unspecified atom stereocenters. The first-order valence-electron chi connectivity index (χ1n) is 24.1.